The van der Waals surface area contributed by atoms with Crippen LogP contribution in [0.15, 0.2) is 54.6 Å². The van der Waals surface area contributed by atoms with E-state index < -0.39 is 6.72 Å². The third kappa shape index (κ3) is 5.33. The second-order valence-corrected chi connectivity index (χ2v) is 9.03. The summed E-state index contributed by atoms with van der Waals surface area (Å²) in [5.41, 5.74) is 3.32. The lowest BCUT2D eigenvalue weighted by atomic mass is 10.0. The van der Waals surface area contributed by atoms with Crippen molar-refractivity contribution in [1.82, 2.24) is 5.09 Å². The molecule has 0 fully saturated rings. The fraction of sp³-hybridized carbons (Fsp3) is 0.250. The summed E-state index contributed by atoms with van der Waals surface area (Å²) in [6, 6.07) is 18.2. The van der Waals surface area contributed by atoms with Crippen molar-refractivity contribution < 1.29 is 9.46 Å². The lowest BCUT2D eigenvalue weighted by Gasteiger charge is -2.12. The summed E-state index contributed by atoms with van der Waals surface area (Å²) in [6.07, 6.45) is 0.892. The Hall–Kier alpha value is -1.06. The first-order chi connectivity index (χ1) is 10.1. The van der Waals surface area contributed by atoms with Crippen molar-refractivity contribution in [2.75, 3.05) is 5.75 Å². The fourth-order valence-electron chi connectivity index (χ4n) is 1.90. The Bertz CT molecular complexity index is 601. The molecule has 0 heterocycles. The van der Waals surface area contributed by atoms with E-state index in [1.54, 1.807) is 0 Å². The minimum Gasteiger partial charge on any atom is -0.326 e. The summed E-state index contributed by atoms with van der Waals surface area (Å²) in [5, 5.41) is 2.74. The second-order valence-electron chi connectivity index (χ2n) is 4.75. The predicted molar refractivity (Wildman–Crippen MR) is 91.3 cm³/mol. The van der Waals surface area contributed by atoms with Gasteiger partial charge in [0.2, 0.25) is 0 Å². The Morgan fingerprint density at radius 1 is 1.05 bits per heavy atom. The zero-order valence-electron chi connectivity index (χ0n) is 12.0. The number of nitrogens with one attached hydrogen (secondary N) is 1. The van der Waals surface area contributed by atoms with Gasteiger partial charge in [0.05, 0.1) is 0 Å². The Morgan fingerprint density at radius 2 is 1.67 bits per heavy atom. The van der Waals surface area contributed by atoms with Crippen molar-refractivity contribution in [3.05, 3.63) is 60.2 Å². The molecule has 1 unspecified atom stereocenters. The van der Waals surface area contributed by atoms with Crippen LogP contribution in [-0.4, -0.2) is 10.6 Å². The van der Waals surface area contributed by atoms with Gasteiger partial charge >= 0.3 is 6.72 Å². The van der Waals surface area contributed by atoms with Gasteiger partial charge in [0.15, 0.2) is 0 Å². The average molecular weight is 321 g/mol. The van der Waals surface area contributed by atoms with Crippen LogP contribution in [0.4, 0.5) is 0 Å². The highest BCUT2D eigenvalue weighted by molar-refractivity contribution is 8.55. The normalized spacial score (nSPS) is 13.8. The lowest BCUT2D eigenvalue weighted by molar-refractivity contribution is 0.482. The van der Waals surface area contributed by atoms with Gasteiger partial charge in [-0.2, -0.15) is 0 Å². The molecule has 0 spiro atoms. The molecule has 0 aliphatic heterocycles. The molecule has 112 valence electrons. The Kier molecular flexibility index (Phi) is 6.07. The van der Waals surface area contributed by atoms with E-state index in [1.807, 2.05) is 49.4 Å². The molecule has 0 aliphatic rings. The van der Waals surface area contributed by atoms with Crippen LogP contribution in [0.2, 0.25) is 0 Å². The molecular formula is C16H20NO2PS. The highest BCUT2D eigenvalue weighted by Crippen LogP contribution is 2.50. The van der Waals surface area contributed by atoms with E-state index >= 15 is 0 Å². The zero-order valence-corrected chi connectivity index (χ0v) is 13.7. The number of hydrogen-bond donors (Lipinski definition) is 2. The van der Waals surface area contributed by atoms with Crippen LogP contribution in [0.5, 0.6) is 0 Å². The molecule has 0 bridgehead atoms. The highest BCUT2D eigenvalue weighted by Gasteiger charge is 2.17. The summed E-state index contributed by atoms with van der Waals surface area (Å²) in [7, 11) is 0. The van der Waals surface area contributed by atoms with Gasteiger partial charge in [-0.25, -0.2) is 5.09 Å². The first kappa shape index (κ1) is 16.3. The van der Waals surface area contributed by atoms with Crippen molar-refractivity contribution in [3.63, 3.8) is 0 Å². The molecule has 2 aromatic carbocycles. The van der Waals surface area contributed by atoms with Crippen molar-refractivity contribution >= 4 is 18.1 Å². The molecule has 0 aromatic heterocycles. The van der Waals surface area contributed by atoms with Crippen molar-refractivity contribution in [1.29, 1.82) is 0 Å². The Balaban J connectivity index is 1.96. The number of hydrogen-bond acceptors (Lipinski definition) is 2. The molecule has 0 saturated carbocycles. The van der Waals surface area contributed by atoms with Crippen LogP contribution in [-0.2, 0) is 11.1 Å². The molecule has 2 N–H and O–H groups in total. The first-order valence-corrected chi connectivity index (χ1v) is 10.2. The quantitative estimate of drug-likeness (QED) is 0.727. The topological polar surface area (TPSA) is 49.3 Å². The van der Waals surface area contributed by atoms with E-state index in [0.29, 0.717) is 12.3 Å². The van der Waals surface area contributed by atoms with E-state index in [1.165, 1.54) is 5.56 Å². The highest BCUT2D eigenvalue weighted by atomic mass is 32.7. The van der Waals surface area contributed by atoms with Gasteiger partial charge in [-0.05, 0) is 23.1 Å². The van der Waals surface area contributed by atoms with Crippen LogP contribution in [0.25, 0.3) is 11.1 Å². The summed E-state index contributed by atoms with van der Waals surface area (Å²) < 4.78 is 11.8. The monoisotopic (exact) mass is 321 g/mol. The standard InChI is InChI=1S/C16H20NO2PS/c1-2-12-21-20(18,19)17-13-14-8-10-16(11-9-14)15-6-4-3-5-7-15/h3-11H,2,12-13H2,1H3,(H2,17,18,19). The van der Waals surface area contributed by atoms with Gasteiger partial charge < -0.3 is 4.89 Å². The molecule has 0 radical (unpaired) electrons. The third-order valence-electron chi connectivity index (χ3n) is 3.01. The predicted octanol–water partition coefficient (Wildman–Crippen LogP) is 4.69. The van der Waals surface area contributed by atoms with Crippen LogP contribution in [0.3, 0.4) is 0 Å². The Morgan fingerprint density at radius 3 is 2.29 bits per heavy atom. The van der Waals surface area contributed by atoms with Gasteiger partial charge in [0, 0.05) is 12.3 Å². The number of rotatable bonds is 7. The lowest BCUT2D eigenvalue weighted by Crippen LogP contribution is -2.07. The second kappa shape index (κ2) is 7.81. The summed E-state index contributed by atoms with van der Waals surface area (Å²) in [6.45, 7) is -0.880. The van der Waals surface area contributed by atoms with Crippen LogP contribution < -0.4 is 5.09 Å². The van der Waals surface area contributed by atoms with E-state index in [2.05, 4.69) is 17.2 Å². The molecule has 1 atom stereocenters. The molecule has 2 rings (SSSR count). The van der Waals surface area contributed by atoms with E-state index in [4.69, 9.17) is 0 Å². The van der Waals surface area contributed by atoms with Crippen LogP contribution in [0, 0.1) is 0 Å². The molecule has 2 aromatic rings. The summed E-state index contributed by atoms with van der Waals surface area (Å²) in [5.74, 6) is 0.688. The van der Waals surface area contributed by atoms with Crippen LogP contribution >= 0.6 is 18.1 Å². The molecule has 5 heteroatoms. The molecular weight excluding hydrogens is 301 g/mol. The number of benzene rings is 2. The molecule has 3 nitrogen and oxygen atoms in total. The SMILES string of the molecule is CCCSP(=O)(O)NCc1ccc(-c2ccccc2)cc1. The minimum atomic E-state index is -3.28. The molecule has 0 amide bonds. The third-order valence-corrected chi connectivity index (χ3v) is 6.50. The van der Waals surface area contributed by atoms with Crippen molar-refractivity contribution in [3.8, 4) is 11.1 Å². The largest absolute Gasteiger partial charge is 0.326 e. The summed E-state index contributed by atoms with van der Waals surface area (Å²) >= 11 is 1.10. The first-order valence-electron chi connectivity index (χ1n) is 6.97. The van der Waals surface area contributed by atoms with Crippen molar-refractivity contribution in [2.24, 2.45) is 0 Å². The fourth-order valence-corrected chi connectivity index (χ4v) is 4.56. The molecule has 21 heavy (non-hydrogen) atoms. The van der Waals surface area contributed by atoms with E-state index in [0.717, 1.165) is 28.9 Å². The van der Waals surface area contributed by atoms with E-state index in [9.17, 15) is 9.46 Å². The smallest absolute Gasteiger partial charge is 0.324 e. The Labute approximate surface area is 130 Å². The van der Waals surface area contributed by atoms with Gasteiger partial charge in [0.25, 0.3) is 0 Å². The average Bonchev–Trinajstić information content (AvgIpc) is 2.53. The van der Waals surface area contributed by atoms with Gasteiger partial charge in [0.1, 0.15) is 0 Å². The zero-order chi connectivity index (χ0) is 15.1. The van der Waals surface area contributed by atoms with Crippen LogP contribution in [0.1, 0.15) is 18.9 Å². The van der Waals surface area contributed by atoms with Gasteiger partial charge in [-0.3, -0.25) is 4.57 Å². The maximum Gasteiger partial charge on any atom is 0.324 e. The maximum absolute atomic E-state index is 11.8. The van der Waals surface area contributed by atoms with Crippen molar-refractivity contribution in [2.45, 2.75) is 19.9 Å². The summed E-state index contributed by atoms with van der Waals surface area (Å²) in [4.78, 5) is 9.75. The molecule has 0 saturated heterocycles. The maximum atomic E-state index is 11.8. The molecule has 0 aliphatic carbocycles. The minimum absolute atomic E-state index is 0.402. The van der Waals surface area contributed by atoms with Gasteiger partial charge in [-0.1, -0.05) is 72.9 Å². The van der Waals surface area contributed by atoms with Gasteiger partial charge in [-0.15, -0.1) is 0 Å². The van der Waals surface area contributed by atoms with E-state index in [-0.39, 0.29) is 0 Å².